The van der Waals surface area contributed by atoms with E-state index in [1.165, 1.54) is 0 Å². The maximum Gasteiger partial charge on any atom is 0.226 e. The van der Waals surface area contributed by atoms with Gasteiger partial charge in [0.05, 0.1) is 17.0 Å². The van der Waals surface area contributed by atoms with Crippen LogP contribution in [-0.2, 0) is 4.74 Å². The highest BCUT2D eigenvalue weighted by Gasteiger charge is 2.37. The minimum Gasteiger partial charge on any atom is -0.376 e. The molecule has 1 aliphatic heterocycles. The topological polar surface area (TPSA) is 59.1 Å². The molecule has 20 heavy (non-hydrogen) atoms. The van der Waals surface area contributed by atoms with Gasteiger partial charge < -0.3 is 15.4 Å². The van der Waals surface area contributed by atoms with E-state index in [1.54, 1.807) is 11.3 Å². The Bertz CT molecular complexity index is 614. The van der Waals surface area contributed by atoms with Crippen LogP contribution in [0.4, 0.5) is 11.8 Å². The molecule has 0 aliphatic carbocycles. The first-order valence-corrected chi connectivity index (χ1v) is 7.89. The van der Waals surface area contributed by atoms with E-state index in [2.05, 4.69) is 45.9 Å². The Balaban J connectivity index is 1.99. The van der Waals surface area contributed by atoms with Crippen molar-refractivity contribution in [2.75, 3.05) is 23.8 Å². The molecule has 6 heteroatoms. The second-order valence-electron chi connectivity index (χ2n) is 5.37. The molecular formula is C14H20N4OS. The molecule has 0 aromatic carbocycles. The summed E-state index contributed by atoms with van der Waals surface area (Å²) in [6.45, 7) is 7.95. The number of nitrogens with one attached hydrogen (secondary N) is 2. The number of ether oxygens (including phenoxy) is 1. The third-order valence-electron chi connectivity index (χ3n) is 3.95. The van der Waals surface area contributed by atoms with E-state index in [9.17, 15) is 0 Å². The molecule has 1 saturated heterocycles. The molecule has 2 N–H and O–H groups in total. The predicted octanol–water partition coefficient (Wildman–Crippen LogP) is 3.10. The Kier molecular flexibility index (Phi) is 3.52. The van der Waals surface area contributed by atoms with E-state index in [4.69, 9.17) is 4.74 Å². The maximum atomic E-state index is 5.69. The molecule has 3 rings (SSSR count). The summed E-state index contributed by atoms with van der Waals surface area (Å²) in [5.74, 6) is 1.58. The molecule has 2 aromatic rings. The lowest BCUT2D eigenvalue weighted by atomic mass is 9.94. The second kappa shape index (κ2) is 5.18. The van der Waals surface area contributed by atoms with Gasteiger partial charge >= 0.3 is 0 Å². The fourth-order valence-electron chi connectivity index (χ4n) is 2.46. The number of thiophene rings is 1. The first-order chi connectivity index (χ1) is 9.62. The first kappa shape index (κ1) is 13.6. The molecule has 1 fully saturated rings. The summed E-state index contributed by atoms with van der Waals surface area (Å²) in [5, 5.41) is 9.91. The lowest BCUT2D eigenvalue weighted by Gasteiger charge is -2.29. The average molecular weight is 292 g/mol. The Morgan fingerprint density at radius 1 is 1.50 bits per heavy atom. The van der Waals surface area contributed by atoms with E-state index in [1.807, 2.05) is 6.92 Å². The molecule has 3 heterocycles. The van der Waals surface area contributed by atoms with E-state index in [0.29, 0.717) is 5.95 Å². The lowest BCUT2D eigenvalue weighted by Crippen LogP contribution is -2.41. The van der Waals surface area contributed by atoms with Crippen molar-refractivity contribution in [3.63, 3.8) is 0 Å². The summed E-state index contributed by atoms with van der Waals surface area (Å²) in [6.07, 6.45) is 1.16. The maximum absolute atomic E-state index is 5.69. The highest BCUT2D eigenvalue weighted by atomic mass is 32.1. The summed E-state index contributed by atoms with van der Waals surface area (Å²) < 4.78 is 5.69. The zero-order chi connectivity index (χ0) is 14.2. The van der Waals surface area contributed by atoms with Crippen LogP contribution in [0.15, 0.2) is 11.4 Å². The van der Waals surface area contributed by atoms with Gasteiger partial charge in [-0.05, 0) is 38.6 Å². The Hall–Kier alpha value is -1.40. The summed E-state index contributed by atoms with van der Waals surface area (Å²) in [6, 6.07) is 2.07. The summed E-state index contributed by atoms with van der Waals surface area (Å²) in [5.41, 5.74) is -0.0767. The minimum atomic E-state index is -0.0767. The van der Waals surface area contributed by atoms with Gasteiger partial charge in [0, 0.05) is 13.2 Å². The largest absolute Gasteiger partial charge is 0.376 e. The van der Waals surface area contributed by atoms with Crippen molar-refractivity contribution in [3.05, 3.63) is 11.4 Å². The minimum absolute atomic E-state index is 0.0767. The SMILES string of the molecule is CCNc1nc(NC2(C)CCOC2C)c2ccsc2n1. The second-order valence-corrected chi connectivity index (χ2v) is 6.27. The van der Waals surface area contributed by atoms with Crippen molar-refractivity contribution >= 4 is 33.3 Å². The summed E-state index contributed by atoms with van der Waals surface area (Å²) >= 11 is 1.64. The normalized spacial score (nSPS) is 26.1. The zero-order valence-corrected chi connectivity index (χ0v) is 12.9. The van der Waals surface area contributed by atoms with Crippen molar-refractivity contribution in [1.82, 2.24) is 9.97 Å². The number of aromatic nitrogens is 2. The van der Waals surface area contributed by atoms with Gasteiger partial charge in [-0.3, -0.25) is 0 Å². The van der Waals surface area contributed by atoms with Crippen LogP contribution in [0.1, 0.15) is 27.2 Å². The van der Waals surface area contributed by atoms with Crippen molar-refractivity contribution in [3.8, 4) is 0 Å². The number of nitrogens with zero attached hydrogens (tertiary/aromatic N) is 2. The van der Waals surface area contributed by atoms with Crippen LogP contribution in [0.3, 0.4) is 0 Å². The molecule has 2 atom stereocenters. The van der Waals surface area contributed by atoms with Gasteiger partial charge in [0.15, 0.2) is 0 Å². The molecule has 0 radical (unpaired) electrons. The Morgan fingerprint density at radius 3 is 3.05 bits per heavy atom. The highest BCUT2D eigenvalue weighted by molar-refractivity contribution is 7.16. The molecule has 1 aliphatic rings. The van der Waals surface area contributed by atoms with Crippen LogP contribution in [0.5, 0.6) is 0 Å². The van der Waals surface area contributed by atoms with Gasteiger partial charge in [-0.25, -0.2) is 4.98 Å². The van der Waals surface area contributed by atoms with Crippen LogP contribution in [0.2, 0.25) is 0 Å². The molecule has 0 bridgehead atoms. The van der Waals surface area contributed by atoms with Crippen LogP contribution < -0.4 is 10.6 Å². The third kappa shape index (κ3) is 2.33. The third-order valence-corrected chi connectivity index (χ3v) is 4.76. The van der Waals surface area contributed by atoms with Crippen molar-refractivity contribution < 1.29 is 4.74 Å². The van der Waals surface area contributed by atoms with Crippen molar-refractivity contribution in [2.24, 2.45) is 0 Å². The molecule has 2 unspecified atom stereocenters. The number of rotatable bonds is 4. The number of hydrogen-bond donors (Lipinski definition) is 2. The quantitative estimate of drug-likeness (QED) is 0.907. The molecule has 0 spiro atoms. The molecular weight excluding hydrogens is 272 g/mol. The Labute approximate surface area is 122 Å². The molecule has 0 saturated carbocycles. The molecule has 5 nitrogen and oxygen atoms in total. The highest BCUT2D eigenvalue weighted by Crippen LogP contribution is 2.33. The molecule has 108 valence electrons. The standard InChI is InChI=1S/C14H20N4OS/c1-4-15-13-16-11(10-5-8-20-12(10)17-13)18-14(3)6-7-19-9(14)2/h5,8-9H,4,6-7H2,1-3H3,(H2,15,16,17,18). The lowest BCUT2D eigenvalue weighted by molar-refractivity contribution is 0.105. The summed E-state index contributed by atoms with van der Waals surface area (Å²) in [7, 11) is 0. The Morgan fingerprint density at radius 2 is 2.35 bits per heavy atom. The van der Waals surface area contributed by atoms with Crippen molar-refractivity contribution in [1.29, 1.82) is 0 Å². The zero-order valence-electron chi connectivity index (χ0n) is 12.1. The predicted molar refractivity (Wildman–Crippen MR) is 83.6 cm³/mol. The van der Waals surface area contributed by atoms with Gasteiger partial charge in [0.2, 0.25) is 5.95 Å². The van der Waals surface area contributed by atoms with Crippen LogP contribution >= 0.6 is 11.3 Å². The van der Waals surface area contributed by atoms with Crippen molar-refractivity contribution in [2.45, 2.75) is 38.8 Å². The van der Waals surface area contributed by atoms with E-state index in [0.717, 1.165) is 35.6 Å². The van der Waals surface area contributed by atoms with E-state index >= 15 is 0 Å². The van der Waals surface area contributed by atoms with Crippen LogP contribution in [0, 0.1) is 0 Å². The smallest absolute Gasteiger partial charge is 0.226 e. The van der Waals surface area contributed by atoms with Gasteiger partial charge in [0.1, 0.15) is 10.6 Å². The van der Waals surface area contributed by atoms with Gasteiger partial charge in [-0.15, -0.1) is 11.3 Å². The van der Waals surface area contributed by atoms with E-state index < -0.39 is 0 Å². The van der Waals surface area contributed by atoms with E-state index in [-0.39, 0.29) is 11.6 Å². The van der Waals surface area contributed by atoms with Crippen LogP contribution in [0.25, 0.3) is 10.2 Å². The number of anilines is 2. The summed E-state index contributed by atoms with van der Waals surface area (Å²) in [4.78, 5) is 10.2. The van der Waals surface area contributed by atoms with Crippen LogP contribution in [-0.4, -0.2) is 34.8 Å². The average Bonchev–Trinajstić information content (AvgIpc) is 2.98. The monoisotopic (exact) mass is 292 g/mol. The first-order valence-electron chi connectivity index (χ1n) is 7.01. The number of hydrogen-bond acceptors (Lipinski definition) is 6. The van der Waals surface area contributed by atoms with Gasteiger partial charge in [-0.2, -0.15) is 4.98 Å². The fraction of sp³-hybridized carbons (Fsp3) is 0.571. The molecule has 2 aromatic heterocycles. The van der Waals surface area contributed by atoms with Gasteiger partial charge in [0.25, 0.3) is 0 Å². The number of fused-ring (bicyclic) bond motifs is 1. The fourth-order valence-corrected chi connectivity index (χ4v) is 3.22. The molecule has 0 amide bonds. The van der Waals surface area contributed by atoms with Gasteiger partial charge in [-0.1, -0.05) is 0 Å².